The number of nitrogens with one attached hydrogen (secondary N) is 1. The quantitative estimate of drug-likeness (QED) is 0.769. The predicted molar refractivity (Wildman–Crippen MR) is 81.1 cm³/mol. The van der Waals surface area contributed by atoms with Crippen LogP contribution in [0.1, 0.15) is 39.7 Å². The van der Waals surface area contributed by atoms with Crippen LogP contribution in [0.15, 0.2) is 18.2 Å². The zero-order valence-electron chi connectivity index (χ0n) is 12.7. The summed E-state index contributed by atoms with van der Waals surface area (Å²) in [6.45, 7) is 11.9. The molecule has 0 aliphatic carbocycles. The lowest BCUT2D eigenvalue weighted by Crippen LogP contribution is -2.29. The Labute approximate surface area is 117 Å². The van der Waals surface area contributed by atoms with E-state index in [-0.39, 0.29) is 5.82 Å². The lowest BCUT2D eigenvalue weighted by molar-refractivity contribution is 0.537. The van der Waals surface area contributed by atoms with Crippen molar-refractivity contribution in [3.05, 3.63) is 29.6 Å². The molecule has 0 amide bonds. The van der Waals surface area contributed by atoms with Gasteiger partial charge < -0.3 is 10.2 Å². The summed E-state index contributed by atoms with van der Waals surface area (Å²) in [4.78, 5) is 2.13. The summed E-state index contributed by atoms with van der Waals surface area (Å²) in [5.41, 5.74) is 1.73. The van der Waals surface area contributed by atoms with Crippen LogP contribution in [0.2, 0.25) is 0 Å². The van der Waals surface area contributed by atoms with Crippen molar-refractivity contribution in [3.8, 4) is 0 Å². The van der Waals surface area contributed by atoms with E-state index in [1.807, 2.05) is 12.1 Å². The third kappa shape index (κ3) is 4.83. The Bertz CT molecular complexity index is 379. The van der Waals surface area contributed by atoms with E-state index in [1.165, 1.54) is 0 Å². The molecule has 1 aromatic carbocycles. The summed E-state index contributed by atoms with van der Waals surface area (Å²) in [5.74, 6) is 0.473. The Hall–Kier alpha value is -1.09. The molecule has 108 valence electrons. The van der Waals surface area contributed by atoms with Gasteiger partial charge in [0.25, 0.3) is 0 Å². The highest BCUT2D eigenvalue weighted by molar-refractivity contribution is 5.49. The summed E-state index contributed by atoms with van der Waals surface area (Å²) >= 11 is 0. The first-order valence-corrected chi connectivity index (χ1v) is 7.36. The van der Waals surface area contributed by atoms with Crippen LogP contribution in [-0.4, -0.2) is 19.6 Å². The molecule has 0 aliphatic rings. The first-order valence-electron chi connectivity index (χ1n) is 7.36. The zero-order chi connectivity index (χ0) is 14.3. The minimum Gasteiger partial charge on any atom is -0.369 e. The molecule has 0 spiro atoms. The number of hydrogen-bond donors (Lipinski definition) is 1. The van der Waals surface area contributed by atoms with E-state index in [1.54, 1.807) is 6.07 Å². The molecule has 0 saturated carbocycles. The maximum Gasteiger partial charge on any atom is 0.146 e. The maximum atomic E-state index is 14.2. The molecule has 2 nitrogen and oxygen atoms in total. The van der Waals surface area contributed by atoms with Crippen molar-refractivity contribution in [3.63, 3.8) is 0 Å². The molecule has 1 N–H and O–H groups in total. The number of nitrogens with zero attached hydrogens (tertiary/aromatic N) is 1. The number of halogens is 1. The number of hydrogen-bond acceptors (Lipinski definition) is 2. The van der Waals surface area contributed by atoms with Crippen LogP contribution >= 0.6 is 0 Å². The number of benzene rings is 1. The van der Waals surface area contributed by atoms with Crippen LogP contribution in [0.25, 0.3) is 0 Å². The van der Waals surface area contributed by atoms with E-state index in [2.05, 4.69) is 37.9 Å². The molecule has 0 heterocycles. The topological polar surface area (TPSA) is 15.3 Å². The van der Waals surface area contributed by atoms with Gasteiger partial charge in [0.15, 0.2) is 0 Å². The van der Waals surface area contributed by atoms with Gasteiger partial charge >= 0.3 is 0 Å². The molecule has 0 aromatic heterocycles. The van der Waals surface area contributed by atoms with Crippen molar-refractivity contribution in [2.24, 2.45) is 5.92 Å². The molecule has 1 unspecified atom stereocenters. The van der Waals surface area contributed by atoms with E-state index in [9.17, 15) is 4.39 Å². The largest absolute Gasteiger partial charge is 0.369 e. The van der Waals surface area contributed by atoms with Crippen molar-refractivity contribution in [1.82, 2.24) is 5.32 Å². The molecule has 0 aliphatic heterocycles. The van der Waals surface area contributed by atoms with Crippen LogP contribution < -0.4 is 10.2 Å². The molecule has 1 rings (SSSR count). The Kier molecular flexibility index (Phi) is 6.85. The molecule has 19 heavy (non-hydrogen) atoms. The van der Waals surface area contributed by atoms with E-state index < -0.39 is 0 Å². The van der Waals surface area contributed by atoms with Crippen LogP contribution in [0.4, 0.5) is 10.1 Å². The second-order valence-electron chi connectivity index (χ2n) is 5.12. The lowest BCUT2D eigenvalue weighted by atomic mass is 10.1. The zero-order valence-corrected chi connectivity index (χ0v) is 12.7. The fourth-order valence-corrected chi connectivity index (χ4v) is 2.09. The highest BCUT2D eigenvalue weighted by Gasteiger charge is 2.12. The van der Waals surface area contributed by atoms with Crippen molar-refractivity contribution in [2.75, 3.05) is 24.5 Å². The van der Waals surface area contributed by atoms with Crippen molar-refractivity contribution in [1.29, 1.82) is 0 Å². The van der Waals surface area contributed by atoms with Gasteiger partial charge in [0.05, 0.1) is 5.69 Å². The highest BCUT2D eigenvalue weighted by atomic mass is 19.1. The minimum atomic E-state index is -0.111. The smallest absolute Gasteiger partial charge is 0.146 e. The first kappa shape index (κ1) is 16.0. The fourth-order valence-electron chi connectivity index (χ4n) is 2.09. The predicted octanol–water partition coefficient (Wildman–Crippen LogP) is 3.81. The number of rotatable bonds is 8. The SMILES string of the molecule is CCNCc1ccc(N(CC)CC(C)CC)c(F)c1. The Balaban J connectivity index is 2.80. The minimum absolute atomic E-state index is 0.111. The van der Waals surface area contributed by atoms with E-state index in [0.29, 0.717) is 5.92 Å². The van der Waals surface area contributed by atoms with Crippen LogP contribution in [0.5, 0.6) is 0 Å². The van der Waals surface area contributed by atoms with Gasteiger partial charge in [-0.05, 0) is 37.1 Å². The summed E-state index contributed by atoms with van der Waals surface area (Å²) in [6.07, 6.45) is 1.12. The molecule has 0 fully saturated rings. The molecule has 1 aromatic rings. The summed E-state index contributed by atoms with van der Waals surface area (Å²) in [6, 6.07) is 5.57. The van der Waals surface area contributed by atoms with Crippen LogP contribution in [-0.2, 0) is 6.54 Å². The van der Waals surface area contributed by atoms with Gasteiger partial charge in [0.2, 0.25) is 0 Å². The fraction of sp³-hybridized carbons (Fsp3) is 0.625. The van der Waals surface area contributed by atoms with Crippen LogP contribution in [0, 0.1) is 11.7 Å². The molecule has 3 heteroatoms. The van der Waals surface area contributed by atoms with E-state index in [4.69, 9.17) is 0 Å². The number of anilines is 1. The molecule has 0 radical (unpaired) electrons. The molecule has 1 atom stereocenters. The van der Waals surface area contributed by atoms with Gasteiger partial charge in [-0.25, -0.2) is 4.39 Å². The van der Waals surface area contributed by atoms with Crippen molar-refractivity contribution >= 4 is 5.69 Å². The average molecular weight is 266 g/mol. The third-order valence-corrected chi connectivity index (χ3v) is 3.54. The maximum absolute atomic E-state index is 14.2. The molecular weight excluding hydrogens is 239 g/mol. The van der Waals surface area contributed by atoms with Crippen LogP contribution in [0.3, 0.4) is 0 Å². The van der Waals surface area contributed by atoms with Gasteiger partial charge in [0, 0.05) is 19.6 Å². The van der Waals surface area contributed by atoms with Gasteiger partial charge in [-0.2, -0.15) is 0 Å². The van der Waals surface area contributed by atoms with E-state index >= 15 is 0 Å². The standard InChI is InChI=1S/C16H27FN2/c1-5-13(4)12-19(7-3)16-9-8-14(10-15(16)17)11-18-6-2/h8-10,13,18H,5-7,11-12H2,1-4H3. The summed E-state index contributed by atoms with van der Waals surface area (Å²) in [5, 5.41) is 3.22. The Morgan fingerprint density at radius 3 is 2.53 bits per heavy atom. The summed E-state index contributed by atoms with van der Waals surface area (Å²) in [7, 11) is 0. The second kappa shape index (κ2) is 8.16. The monoisotopic (exact) mass is 266 g/mol. The Morgan fingerprint density at radius 2 is 2.00 bits per heavy atom. The van der Waals surface area contributed by atoms with Gasteiger partial charge in [-0.1, -0.05) is 33.3 Å². The lowest BCUT2D eigenvalue weighted by Gasteiger charge is -2.26. The van der Waals surface area contributed by atoms with Crippen molar-refractivity contribution in [2.45, 2.75) is 40.7 Å². The molecule has 0 bridgehead atoms. The van der Waals surface area contributed by atoms with Crippen molar-refractivity contribution < 1.29 is 4.39 Å². The van der Waals surface area contributed by atoms with Gasteiger partial charge in [-0.3, -0.25) is 0 Å². The normalized spacial score (nSPS) is 12.5. The first-order chi connectivity index (χ1) is 9.12. The molecule has 0 saturated heterocycles. The van der Waals surface area contributed by atoms with E-state index in [0.717, 1.165) is 43.9 Å². The third-order valence-electron chi connectivity index (χ3n) is 3.54. The van der Waals surface area contributed by atoms with Gasteiger partial charge in [0.1, 0.15) is 5.82 Å². The highest BCUT2D eigenvalue weighted by Crippen LogP contribution is 2.22. The Morgan fingerprint density at radius 1 is 1.26 bits per heavy atom. The second-order valence-corrected chi connectivity index (χ2v) is 5.12. The summed E-state index contributed by atoms with van der Waals surface area (Å²) < 4.78 is 14.2. The molecular formula is C16H27FN2. The van der Waals surface area contributed by atoms with Gasteiger partial charge in [-0.15, -0.1) is 0 Å². The average Bonchev–Trinajstić information content (AvgIpc) is 2.42.